The first-order chi connectivity index (χ1) is 18.3. The lowest BCUT2D eigenvalue weighted by Crippen LogP contribution is -2.40. The van der Waals surface area contributed by atoms with Crippen LogP contribution in [0.25, 0.3) is 0 Å². The Morgan fingerprint density at radius 2 is 1.64 bits per heavy atom. The second-order valence-electron chi connectivity index (χ2n) is 8.37. The average molecular weight is 579 g/mol. The summed E-state index contributed by atoms with van der Waals surface area (Å²) in [6.45, 7) is 0.495. The van der Waals surface area contributed by atoms with Gasteiger partial charge in [-0.2, -0.15) is 39.2 Å². The summed E-state index contributed by atoms with van der Waals surface area (Å²) in [6.07, 6.45) is -3.40. The van der Waals surface area contributed by atoms with Gasteiger partial charge in [0.25, 0.3) is 0 Å². The summed E-state index contributed by atoms with van der Waals surface area (Å²) in [5.41, 5.74) is -5.66. The Labute approximate surface area is 217 Å². The van der Waals surface area contributed by atoms with Crippen LogP contribution in [0.2, 0.25) is 0 Å². The van der Waals surface area contributed by atoms with Gasteiger partial charge in [-0.3, -0.25) is 4.72 Å². The molecule has 0 radical (unpaired) electrons. The molecule has 2 N–H and O–H groups in total. The summed E-state index contributed by atoms with van der Waals surface area (Å²) in [4.78, 5) is 9.47. The van der Waals surface area contributed by atoms with E-state index in [1.807, 2.05) is 0 Å². The first kappa shape index (κ1) is 28.4. The molecule has 2 aromatic carbocycles. The van der Waals surface area contributed by atoms with Crippen LogP contribution < -0.4 is 14.9 Å². The Balaban J connectivity index is 1.48. The summed E-state index contributed by atoms with van der Waals surface area (Å²) in [5, 5.41) is 2.75. The van der Waals surface area contributed by atoms with E-state index in [0.29, 0.717) is 11.1 Å². The van der Waals surface area contributed by atoms with E-state index in [2.05, 4.69) is 15.3 Å². The molecule has 0 bridgehead atoms. The summed E-state index contributed by atoms with van der Waals surface area (Å²) in [5.74, 6) is -1.12. The van der Waals surface area contributed by atoms with E-state index in [9.17, 15) is 34.8 Å². The molecule has 0 saturated carbocycles. The molecule has 0 spiro atoms. The summed E-state index contributed by atoms with van der Waals surface area (Å²) in [7, 11) is -5.57. The Bertz CT molecular complexity index is 1400. The van der Waals surface area contributed by atoms with Crippen LogP contribution in [0, 0.1) is 5.82 Å². The maximum atomic E-state index is 15.4. The molecule has 1 aromatic heterocycles. The monoisotopic (exact) mass is 579 g/mol. The first-order valence-electron chi connectivity index (χ1n) is 11.2. The zero-order valence-electron chi connectivity index (χ0n) is 19.7. The van der Waals surface area contributed by atoms with Gasteiger partial charge in [-0.1, -0.05) is 24.3 Å². The minimum atomic E-state index is -5.57. The second kappa shape index (κ2) is 10.8. The number of anilines is 3. The average Bonchev–Trinajstić information content (AvgIpc) is 2.88. The molecule has 2 heterocycles. The van der Waals surface area contributed by atoms with Crippen molar-refractivity contribution in [2.24, 2.45) is 0 Å². The largest absolute Gasteiger partial charge is 0.516 e. The molecule has 16 heteroatoms. The third kappa shape index (κ3) is 6.50. The number of rotatable bonds is 7. The van der Waals surface area contributed by atoms with E-state index in [1.165, 1.54) is 29.0 Å². The summed E-state index contributed by atoms with van der Waals surface area (Å²) < 4.78 is 121. The van der Waals surface area contributed by atoms with Gasteiger partial charge >= 0.3 is 21.7 Å². The lowest BCUT2D eigenvalue weighted by atomic mass is 10.0. The van der Waals surface area contributed by atoms with Crippen LogP contribution in [-0.2, 0) is 27.5 Å². The lowest BCUT2D eigenvalue weighted by Gasteiger charge is -2.37. The molecule has 3 aromatic rings. The Morgan fingerprint density at radius 3 is 2.26 bits per heavy atom. The van der Waals surface area contributed by atoms with Crippen molar-refractivity contribution < 1.29 is 43.9 Å². The predicted octanol–water partition coefficient (Wildman–Crippen LogP) is 5.09. The van der Waals surface area contributed by atoms with Crippen molar-refractivity contribution in [3.8, 4) is 0 Å². The minimum absolute atomic E-state index is 0.0227. The molecule has 0 amide bonds. The van der Waals surface area contributed by atoms with Crippen molar-refractivity contribution in [3.05, 3.63) is 77.4 Å². The molecular formula is C23H20F7N5O3S. The topological polar surface area (TPSA) is 96.5 Å². The normalized spacial score (nSPS) is 16.7. The van der Waals surface area contributed by atoms with E-state index < -0.39 is 39.1 Å². The molecule has 4 rings (SSSR count). The van der Waals surface area contributed by atoms with Gasteiger partial charge in [0.2, 0.25) is 5.82 Å². The van der Waals surface area contributed by atoms with Crippen LogP contribution in [0.15, 0.2) is 54.9 Å². The number of ether oxygens (including phenoxy) is 1. The van der Waals surface area contributed by atoms with Gasteiger partial charge in [0.15, 0.2) is 11.6 Å². The first-order valence-corrected chi connectivity index (χ1v) is 12.7. The SMILES string of the molecule is O=S(=O)(Nc1ccc(CNc2ncnc(N3CCOC[C@@H]3c3ccc(C(F)(F)F)cc3)c2F)cc1)C(F)(F)F. The van der Waals surface area contributed by atoms with Crippen molar-refractivity contribution in [1.82, 2.24) is 9.97 Å². The highest BCUT2D eigenvalue weighted by Gasteiger charge is 2.46. The number of nitrogens with one attached hydrogen (secondary N) is 2. The Hall–Kier alpha value is -3.66. The van der Waals surface area contributed by atoms with E-state index in [-0.39, 0.29) is 43.6 Å². The zero-order chi connectivity index (χ0) is 28.4. The van der Waals surface area contributed by atoms with Crippen LogP contribution in [-0.4, -0.2) is 43.7 Å². The predicted molar refractivity (Wildman–Crippen MR) is 127 cm³/mol. The number of hydrogen-bond donors (Lipinski definition) is 2. The van der Waals surface area contributed by atoms with Crippen LogP contribution >= 0.6 is 0 Å². The van der Waals surface area contributed by atoms with Gasteiger partial charge in [0, 0.05) is 18.8 Å². The van der Waals surface area contributed by atoms with Gasteiger partial charge in [-0.15, -0.1) is 0 Å². The van der Waals surface area contributed by atoms with Gasteiger partial charge in [-0.25, -0.2) is 9.97 Å². The highest BCUT2D eigenvalue weighted by atomic mass is 32.2. The molecule has 1 saturated heterocycles. The van der Waals surface area contributed by atoms with Crippen molar-refractivity contribution in [1.29, 1.82) is 0 Å². The minimum Gasteiger partial charge on any atom is -0.377 e. The van der Waals surface area contributed by atoms with E-state index in [4.69, 9.17) is 4.74 Å². The molecule has 1 aliphatic rings. The molecule has 1 atom stereocenters. The molecule has 0 unspecified atom stereocenters. The fraction of sp³-hybridized carbons (Fsp3) is 0.304. The van der Waals surface area contributed by atoms with E-state index in [1.54, 1.807) is 4.90 Å². The fourth-order valence-electron chi connectivity index (χ4n) is 3.80. The maximum Gasteiger partial charge on any atom is 0.516 e. The summed E-state index contributed by atoms with van der Waals surface area (Å²) in [6, 6.07) is 8.75. The van der Waals surface area contributed by atoms with Crippen LogP contribution in [0.4, 0.5) is 48.1 Å². The van der Waals surface area contributed by atoms with Gasteiger partial charge in [0.1, 0.15) is 6.33 Å². The molecular weight excluding hydrogens is 559 g/mol. The van der Waals surface area contributed by atoms with Crippen molar-refractivity contribution in [2.45, 2.75) is 24.3 Å². The van der Waals surface area contributed by atoms with E-state index >= 15 is 4.39 Å². The van der Waals surface area contributed by atoms with Crippen LogP contribution in [0.5, 0.6) is 0 Å². The van der Waals surface area contributed by atoms with Gasteiger partial charge in [-0.05, 0) is 35.4 Å². The fourth-order valence-corrected chi connectivity index (χ4v) is 4.36. The molecule has 1 aliphatic heterocycles. The lowest BCUT2D eigenvalue weighted by molar-refractivity contribution is -0.137. The Morgan fingerprint density at radius 1 is 0.974 bits per heavy atom. The van der Waals surface area contributed by atoms with Gasteiger partial charge < -0.3 is 15.0 Å². The number of morpholine rings is 1. The summed E-state index contributed by atoms with van der Waals surface area (Å²) >= 11 is 0. The van der Waals surface area contributed by atoms with E-state index in [0.717, 1.165) is 30.6 Å². The smallest absolute Gasteiger partial charge is 0.377 e. The van der Waals surface area contributed by atoms with Crippen molar-refractivity contribution >= 4 is 27.3 Å². The maximum absolute atomic E-state index is 15.4. The Kier molecular flexibility index (Phi) is 7.88. The van der Waals surface area contributed by atoms with Crippen molar-refractivity contribution in [2.75, 3.05) is 34.7 Å². The molecule has 0 aliphatic carbocycles. The number of halogens is 7. The quantitative estimate of drug-likeness (QED) is 0.377. The number of sulfonamides is 1. The highest BCUT2D eigenvalue weighted by molar-refractivity contribution is 7.93. The number of hydrogen-bond acceptors (Lipinski definition) is 7. The zero-order valence-corrected chi connectivity index (χ0v) is 20.5. The third-order valence-electron chi connectivity index (χ3n) is 5.77. The number of aromatic nitrogens is 2. The van der Waals surface area contributed by atoms with Crippen molar-refractivity contribution in [3.63, 3.8) is 0 Å². The molecule has 1 fully saturated rings. The standard InChI is InChI=1S/C23H20F7N5O3S/c24-19-20(31-11-14-1-7-17(8-2-14)34-39(36,37)23(28,29)30)32-13-33-21(19)35-9-10-38-12-18(35)15-3-5-16(6-4-15)22(25,26)27/h1-8,13,18,34H,9-12H2,(H,31,32,33)/t18-/m1/s1. The molecule has 8 nitrogen and oxygen atoms in total. The third-order valence-corrected chi connectivity index (χ3v) is 6.88. The second-order valence-corrected chi connectivity index (χ2v) is 10.0. The number of nitrogens with zero attached hydrogens (tertiary/aromatic N) is 3. The number of alkyl halides is 6. The van der Waals surface area contributed by atoms with Gasteiger partial charge in [0.05, 0.1) is 24.8 Å². The number of benzene rings is 2. The van der Waals surface area contributed by atoms with Crippen LogP contribution in [0.1, 0.15) is 22.7 Å². The molecule has 210 valence electrons. The highest BCUT2D eigenvalue weighted by Crippen LogP contribution is 2.34. The van der Waals surface area contributed by atoms with Crippen LogP contribution in [0.3, 0.4) is 0 Å². The molecule has 39 heavy (non-hydrogen) atoms.